The number of hydrogen-bond donors (Lipinski definition) is 3. The number of aromatic hydroxyl groups is 1. The van der Waals surface area contributed by atoms with E-state index in [0.29, 0.717) is 42.7 Å². The zero-order valence-electron chi connectivity index (χ0n) is 21.1. The number of amides is 1. The first-order chi connectivity index (χ1) is 17.1. The third-order valence-corrected chi connectivity index (χ3v) is 7.71. The van der Waals surface area contributed by atoms with Crippen LogP contribution in [0, 0.1) is 6.92 Å². The second-order valence-corrected chi connectivity index (χ2v) is 11.5. The molecular weight excluding hydrogens is 480 g/mol. The smallest absolute Gasteiger partial charge is 0.255 e. The van der Waals surface area contributed by atoms with E-state index in [0.717, 1.165) is 44.2 Å². The standard InChI is InChI=1S/C25H36N6O4S/c1-4-19-16-30(24-23(32)14-18(15-27-24)28-36(3,34)35)11-12-31(19)20-7-9-29(10-8-20)25(33)21-6-5-17(2)13-22(21)26/h5-6,13-15,19-20,28,32H,4,7-12,16,26H2,1-3H3. The van der Waals surface area contributed by atoms with Gasteiger partial charge in [0, 0.05) is 56.6 Å². The molecule has 0 spiro atoms. The fourth-order valence-electron chi connectivity index (χ4n) is 5.31. The van der Waals surface area contributed by atoms with E-state index >= 15 is 0 Å². The zero-order valence-corrected chi connectivity index (χ0v) is 22.0. The largest absolute Gasteiger partial charge is 0.504 e. The number of carbonyl (C=O) groups is 1. The number of aromatic nitrogens is 1. The molecule has 0 saturated carbocycles. The van der Waals surface area contributed by atoms with Crippen LogP contribution < -0.4 is 15.4 Å². The van der Waals surface area contributed by atoms with Gasteiger partial charge in [0.05, 0.1) is 23.7 Å². The van der Waals surface area contributed by atoms with Crippen LogP contribution >= 0.6 is 0 Å². The molecule has 4 rings (SSSR count). The van der Waals surface area contributed by atoms with E-state index < -0.39 is 10.0 Å². The van der Waals surface area contributed by atoms with E-state index in [1.54, 1.807) is 0 Å². The van der Waals surface area contributed by atoms with Crippen molar-refractivity contribution in [1.29, 1.82) is 0 Å². The third kappa shape index (κ3) is 5.84. The number of benzene rings is 1. The number of anilines is 3. The summed E-state index contributed by atoms with van der Waals surface area (Å²) in [5, 5.41) is 10.5. The lowest BCUT2D eigenvalue weighted by molar-refractivity contribution is 0.0491. The molecule has 196 valence electrons. The van der Waals surface area contributed by atoms with Crippen LogP contribution in [0.1, 0.15) is 42.1 Å². The number of likely N-dealkylation sites (tertiary alicyclic amines) is 1. The molecule has 4 N–H and O–H groups in total. The average Bonchev–Trinajstić information content (AvgIpc) is 2.82. The van der Waals surface area contributed by atoms with Crippen LogP contribution in [-0.2, 0) is 10.0 Å². The van der Waals surface area contributed by atoms with Gasteiger partial charge in [-0.1, -0.05) is 13.0 Å². The van der Waals surface area contributed by atoms with Gasteiger partial charge in [0.2, 0.25) is 10.0 Å². The summed E-state index contributed by atoms with van der Waals surface area (Å²) in [6.45, 7) is 7.76. The average molecular weight is 517 g/mol. The summed E-state index contributed by atoms with van der Waals surface area (Å²) in [4.78, 5) is 23.9. The van der Waals surface area contributed by atoms with Crippen LogP contribution in [0.3, 0.4) is 0 Å². The van der Waals surface area contributed by atoms with Crippen LogP contribution in [0.5, 0.6) is 5.75 Å². The summed E-state index contributed by atoms with van der Waals surface area (Å²) in [7, 11) is -3.45. The molecule has 0 radical (unpaired) electrons. The fourth-order valence-corrected chi connectivity index (χ4v) is 5.85. The summed E-state index contributed by atoms with van der Waals surface area (Å²) in [6, 6.07) is 7.65. The number of piperidine rings is 1. The van der Waals surface area contributed by atoms with Gasteiger partial charge >= 0.3 is 0 Å². The Kier molecular flexibility index (Phi) is 7.60. The van der Waals surface area contributed by atoms with E-state index in [9.17, 15) is 18.3 Å². The minimum Gasteiger partial charge on any atom is -0.504 e. The van der Waals surface area contributed by atoms with Crippen molar-refractivity contribution in [2.75, 3.05) is 54.3 Å². The number of nitrogen functional groups attached to an aromatic ring is 1. The summed E-state index contributed by atoms with van der Waals surface area (Å²) in [5.74, 6) is 0.413. The molecule has 2 aromatic rings. The van der Waals surface area contributed by atoms with Gasteiger partial charge in [0.1, 0.15) is 0 Å². The molecule has 3 heterocycles. The van der Waals surface area contributed by atoms with Gasteiger partial charge in [-0.2, -0.15) is 0 Å². The zero-order chi connectivity index (χ0) is 26.0. The second kappa shape index (κ2) is 10.5. The summed E-state index contributed by atoms with van der Waals surface area (Å²) in [5.41, 5.74) is 8.48. The van der Waals surface area contributed by atoms with Crippen molar-refractivity contribution >= 4 is 33.1 Å². The number of carbonyl (C=O) groups excluding carboxylic acids is 1. The molecule has 1 amide bonds. The molecular formula is C25H36N6O4S. The van der Waals surface area contributed by atoms with Crippen molar-refractivity contribution < 1.29 is 18.3 Å². The van der Waals surface area contributed by atoms with Gasteiger partial charge in [-0.15, -0.1) is 0 Å². The number of piperazine rings is 1. The highest BCUT2D eigenvalue weighted by molar-refractivity contribution is 7.92. The molecule has 1 atom stereocenters. The molecule has 1 unspecified atom stereocenters. The maximum Gasteiger partial charge on any atom is 0.255 e. The van der Waals surface area contributed by atoms with Crippen LogP contribution in [0.25, 0.3) is 0 Å². The van der Waals surface area contributed by atoms with E-state index in [1.165, 1.54) is 12.3 Å². The van der Waals surface area contributed by atoms with Crippen LogP contribution in [0.15, 0.2) is 30.5 Å². The Morgan fingerprint density at radius 3 is 2.53 bits per heavy atom. The Balaban J connectivity index is 1.37. The molecule has 2 fully saturated rings. The highest BCUT2D eigenvalue weighted by Crippen LogP contribution is 2.32. The molecule has 0 aliphatic carbocycles. The van der Waals surface area contributed by atoms with Crippen LogP contribution in [0.4, 0.5) is 17.2 Å². The number of nitrogens with zero attached hydrogens (tertiary/aromatic N) is 4. The third-order valence-electron chi connectivity index (χ3n) is 7.11. The summed E-state index contributed by atoms with van der Waals surface area (Å²) < 4.78 is 25.3. The lowest BCUT2D eigenvalue weighted by Crippen LogP contribution is -2.58. The minimum atomic E-state index is -3.45. The first-order valence-electron chi connectivity index (χ1n) is 12.4. The first-order valence-corrected chi connectivity index (χ1v) is 14.3. The van der Waals surface area contributed by atoms with E-state index in [2.05, 4.69) is 26.4 Å². The summed E-state index contributed by atoms with van der Waals surface area (Å²) in [6.07, 6.45) is 5.25. The van der Waals surface area contributed by atoms with Crippen molar-refractivity contribution in [3.8, 4) is 5.75 Å². The molecule has 2 aliphatic rings. The topological polar surface area (TPSA) is 132 Å². The van der Waals surface area contributed by atoms with Crippen molar-refractivity contribution in [2.24, 2.45) is 0 Å². The van der Waals surface area contributed by atoms with Crippen molar-refractivity contribution in [1.82, 2.24) is 14.8 Å². The molecule has 2 saturated heterocycles. The molecule has 1 aromatic heterocycles. The van der Waals surface area contributed by atoms with Crippen LogP contribution in [0.2, 0.25) is 0 Å². The monoisotopic (exact) mass is 516 g/mol. The summed E-state index contributed by atoms with van der Waals surface area (Å²) >= 11 is 0. The number of nitrogens with one attached hydrogen (secondary N) is 1. The Labute approximate surface area is 213 Å². The second-order valence-electron chi connectivity index (χ2n) is 9.80. The maximum atomic E-state index is 13.0. The van der Waals surface area contributed by atoms with Gasteiger partial charge in [0.25, 0.3) is 5.91 Å². The Morgan fingerprint density at radius 2 is 1.92 bits per heavy atom. The highest BCUT2D eigenvalue weighted by atomic mass is 32.2. The highest BCUT2D eigenvalue weighted by Gasteiger charge is 2.35. The number of sulfonamides is 1. The van der Waals surface area contributed by atoms with Crippen molar-refractivity contribution in [2.45, 2.75) is 45.2 Å². The first kappa shape index (κ1) is 26.0. The fraction of sp³-hybridized carbons (Fsp3) is 0.520. The SMILES string of the molecule is CCC1CN(c2ncc(NS(C)(=O)=O)cc2O)CCN1C1CCN(C(=O)c2ccc(C)cc2N)CC1. The number of aryl methyl sites for hydroxylation is 1. The van der Waals surface area contributed by atoms with E-state index in [4.69, 9.17) is 5.73 Å². The number of rotatable bonds is 6. The molecule has 11 heteroatoms. The number of hydrogen-bond acceptors (Lipinski definition) is 8. The molecule has 2 aliphatic heterocycles. The lowest BCUT2D eigenvalue weighted by atomic mass is 9.97. The normalized spacial score (nSPS) is 19.9. The van der Waals surface area contributed by atoms with Crippen molar-refractivity contribution in [3.63, 3.8) is 0 Å². The number of nitrogens with two attached hydrogens (primary N) is 1. The Morgan fingerprint density at radius 1 is 1.19 bits per heavy atom. The van der Waals surface area contributed by atoms with E-state index in [1.807, 2.05) is 30.0 Å². The predicted octanol–water partition coefficient (Wildman–Crippen LogP) is 2.25. The molecule has 10 nitrogen and oxygen atoms in total. The quantitative estimate of drug-likeness (QED) is 0.498. The van der Waals surface area contributed by atoms with Gasteiger partial charge in [0.15, 0.2) is 11.6 Å². The van der Waals surface area contributed by atoms with Gasteiger partial charge in [-0.3, -0.25) is 14.4 Å². The van der Waals surface area contributed by atoms with Crippen LogP contribution in [-0.4, -0.2) is 85.3 Å². The van der Waals surface area contributed by atoms with Gasteiger partial charge in [-0.25, -0.2) is 13.4 Å². The predicted molar refractivity (Wildman–Crippen MR) is 142 cm³/mol. The molecule has 36 heavy (non-hydrogen) atoms. The Hall–Kier alpha value is -3.05. The van der Waals surface area contributed by atoms with E-state index in [-0.39, 0.29) is 23.4 Å². The maximum absolute atomic E-state index is 13.0. The lowest BCUT2D eigenvalue weighted by Gasteiger charge is -2.47. The van der Waals surface area contributed by atoms with Crippen molar-refractivity contribution in [3.05, 3.63) is 41.6 Å². The molecule has 0 bridgehead atoms. The van der Waals surface area contributed by atoms with Gasteiger partial charge < -0.3 is 20.6 Å². The molecule has 1 aromatic carbocycles. The Bertz CT molecular complexity index is 1210. The minimum absolute atomic E-state index is 0.00169. The van der Waals surface area contributed by atoms with Gasteiger partial charge in [-0.05, 0) is 43.9 Å². The number of pyridine rings is 1.